The Morgan fingerprint density at radius 3 is 2.62 bits per heavy atom. The van der Waals surface area contributed by atoms with Crippen molar-refractivity contribution < 1.29 is 28.7 Å². The maximum absolute atomic E-state index is 12.2. The third-order valence-electron chi connectivity index (χ3n) is 4.08. The minimum atomic E-state index is -0.535. The number of esters is 1. The van der Waals surface area contributed by atoms with Gasteiger partial charge in [-0.05, 0) is 64.1 Å². The highest BCUT2D eigenvalue weighted by atomic mass is 79.9. The van der Waals surface area contributed by atoms with Crippen molar-refractivity contribution in [2.24, 2.45) is 5.10 Å². The number of non-ortho nitro benzene ring substituents is 1. The molecule has 10 nitrogen and oxygen atoms in total. The van der Waals surface area contributed by atoms with E-state index in [-0.39, 0.29) is 23.8 Å². The summed E-state index contributed by atoms with van der Waals surface area (Å²) in [5, 5.41) is 16.4. The molecule has 1 N–H and O–H groups in total. The molecule has 0 bridgehead atoms. The maximum Gasteiger partial charge on any atom is 0.353 e. The Hall–Kier alpha value is -3.77. The molecule has 176 valence electrons. The SMILES string of the molecule is CCOc1cc(/C=N/NC(=O)COc2ccc([N+](=O)[O-])cc2Br)ccc1OC(=O)c1cccs1. The number of nitrogens with one attached hydrogen (secondary N) is 1. The van der Waals surface area contributed by atoms with Crippen LogP contribution in [0.2, 0.25) is 0 Å². The number of benzene rings is 2. The Bertz CT molecular complexity index is 1220. The molecule has 0 saturated carbocycles. The highest BCUT2D eigenvalue weighted by Crippen LogP contribution is 2.30. The summed E-state index contributed by atoms with van der Waals surface area (Å²) in [6.07, 6.45) is 1.40. The molecule has 0 unspecified atom stereocenters. The van der Waals surface area contributed by atoms with Gasteiger partial charge in [0.2, 0.25) is 0 Å². The number of amides is 1. The number of rotatable bonds is 10. The molecule has 1 heterocycles. The number of nitro groups is 1. The third kappa shape index (κ3) is 6.86. The van der Waals surface area contributed by atoms with Gasteiger partial charge in [-0.1, -0.05) is 6.07 Å². The van der Waals surface area contributed by atoms with Crippen molar-refractivity contribution in [3.63, 3.8) is 0 Å². The van der Waals surface area contributed by atoms with E-state index in [1.54, 1.807) is 42.6 Å². The summed E-state index contributed by atoms with van der Waals surface area (Å²) in [6, 6.07) is 12.2. The lowest BCUT2D eigenvalue weighted by Crippen LogP contribution is -2.24. The highest BCUT2D eigenvalue weighted by Gasteiger charge is 2.14. The van der Waals surface area contributed by atoms with Gasteiger partial charge in [0, 0.05) is 12.1 Å². The fourth-order valence-electron chi connectivity index (χ4n) is 2.58. The van der Waals surface area contributed by atoms with Crippen molar-refractivity contribution >= 4 is 51.0 Å². The number of nitro benzene ring substituents is 1. The first-order valence-corrected chi connectivity index (χ1v) is 11.5. The molecule has 1 amide bonds. The van der Waals surface area contributed by atoms with Crippen LogP contribution in [0.25, 0.3) is 0 Å². The van der Waals surface area contributed by atoms with Crippen LogP contribution in [-0.4, -0.2) is 36.2 Å². The largest absolute Gasteiger partial charge is 0.490 e. The number of ether oxygens (including phenoxy) is 3. The van der Waals surface area contributed by atoms with Crippen molar-refractivity contribution in [1.29, 1.82) is 0 Å². The molecule has 0 atom stereocenters. The summed E-state index contributed by atoms with van der Waals surface area (Å²) in [4.78, 5) is 34.9. The summed E-state index contributed by atoms with van der Waals surface area (Å²) < 4.78 is 16.7. The lowest BCUT2D eigenvalue weighted by Gasteiger charge is -2.11. The summed E-state index contributed by atoms with van der Waals surface area (Å²) in [7, 11) is 0. The number of nitrogens with zero attached hydrogens (tertiary/aromatic N) is 2. The standard InChI is InChI=1S/C22H18BrN3O7S/c1-2-31-19-10-14(5-7-18(19)33-22(28)20-4-3-9-34-20)12-24-25-21(27)13-32-17-8-6-15(26(29)30)11-16(17)23/h3-12H,2,13H2,1H3,(H,25,27)/b24-12+. The van der Waals surface area contributed by atoms with Crippen molar-refractivity contribution in [2.75, 3.05) is 13.2 Å². The number of carbonyl (C=O) groups excluding carboxylic acids is 2. The average Bonchev–Trinajstić information content (AvgIpc) is 3.35. The van der Waals surface area contributed by atoms with E-state index in [0.29, 0.717) is 27.3 Å². The minimum Gasteiger partial charge on any atom is -0.490 e. The van der Waals surface area contributed by atoms with Crippen LogP contribution in [0.4, 0.5) is 5.69 Å². The number of halogens is 1. The van der Waals surface area contributed by atoms with Crippen LogP contribution in [0.1, 0.15) is 22.2 Å². The molecule has 0 fully saturated rings. The molecule has 12 heteroatoms. The van der Waals surface area contributed by atoms with Crippen LogP contribution < -0.4 is 19.6 Å². The first-order valence-electron chi connectivity index (χ1n) is 9.78. The summed E-state index contributed by atoms with van der Waals surface area (Å²) in [5.74, 6) is -0.117. The fraction of sp³-hybridized carbons (Fsp3) is 0.136. The lowest BCUT2D eigenvalue weighted by molar-refractivity contribution is -0.384. The second-order valence-corrected chi connectivity index (χ2v) is 8.26. The predicted molar refractivity (Wildman–Crippen MR) is 129 cm³/mol. The van der Waals surface area contributed by atoms with Crippen molar-refractivity contribution in [3.8, 4) is 17.2 Å². The molecular formula is C22H18BrN3O7S. The monoisotopic (exact) mass is 547 g/mol. The molecule has 0 saturated heterocycles. The second kappa shape index (κ2) is 11.9. The number of carbonyl (C=O) groups is 2. The summed E-state index contributed by atoms with van der Waals surface area (Å²) in [5.41, 5.74) is 2.82. The summed E-state index contributed by atoms with van der Waals surface area (Å²) >= 11 is 4.44. The molecule has 0 aliphatic carbocycles. The Labute approximate surface area is 206 Å². The van der Waals surface area contributed by atoms with Crippen LogP contribution in [0.5, 0.6) is 17.2 Å². The van der Waals surface area contributed by atoms with E-state index in [1.807, 2.05) is 0 Å². The van der Waals surface area contributed by atoms with Crippen LogP contribution in [0, 0.1) is 10.1 Å². The van der Waals surface area contributed by atoms with Gasteiger partial charge in [-0.25, -0.2) is 10.2 Å². The normalized spacial score (nSPS) is 10.6. The van der Waals surface area contributed by atoms with E-state index in [9.17, 15) is 19.7 Å². The topological polar surface area (TPSA) is 129 Å². The van der Waals surface area contributed by atoms with Crippen molar-refractivity contribution in [2.45, 2.75) is 6.92 Å². The molecule has 3 aromatic rings. The first kappa shape index (κ1) is 24.9. The number of hydrogen-bond acceptors (Lipinski definition) is 9. The van der Waals surface area contributed by atoms with Gasteiger partial charge in [-0.15, -0.1) is 11.3 Å². The van der Waals surface area contributed by atoms with E-state index in [4.69, 9.17) is 14.2 Å². The lowest BCUT2D eigenvalue weighted by atomic mass is 10.2. The average molecular weight is 548 g/mol. The Kier molecular flexibility index (Phi) is 8.71. The molecule has 34 heavy (non-hydrogen) atoms. The van der Waals surface area contributed by atoms with Crippen molar-refractivity contribution in [1.82, 2.24) is 5.43 Å². The molecule has 0 radical (unpaired) electrons. The molecule has 2 aromatic carbocycles. The van der Waals surface area contributed by atoms with Gasteiger partial charge in [-0.2, -0.15) is 5.10 Å². The zero-order valence-corrected chi connectivity index (χ0v) is 20.1. The van der Waals surface area contributed by atoms with Crippen molar-refractivity contribution in [3.05, 3.63) is 78.9 Å². The predicted octanol–water partition coefficient (Wildman–Crippen LogP) is 4.57. The zero-order valence-electron chi connectivity index (χ0n) is 17.7. The zero-order chi connectivity index (χ0) is 24.5. The smallest absolute Gasteiger partial charge is 0.353 e. The van der Waals surface area contributed by atoms with E-state index in [1.165, 1.54) is 35.8 Å². The van der Waals surface area contributed by atoms with E-state index >= 15 is 0 Å². The Morgan fingerprint density at radius 2 is 1.94 bits per heavy atom. The van der Waals surface area contributed by atoms with Gasteiger partial charge in [-0.3, -0.25) is 14.9 Å². The van der Waals surface area contributed by atoms with Crippen LogP contribution in [0.3, 0.4) is 0 Å². The van der Waals surface area contributed by atoms with Gasteiger partial charge in [0.15, 0.2) is 18.1 Å². The van der Waals surface area contributed by atoms with E-state index in [2.05, 4.69) is 26.5 Å². The van der Waals surface area contributed by atoms with Gasteiger partial charge in [0.1, 0.15) is 10.6 Å². The van der Waals surface area contributed by atoms with Gasteiger partial charge in [0.05, 0.1) is 22.2 Å². The minimum absolute atomic E-state index is 0.105. The Morgan fingerprint density at radius 1 is 1.15 bits per heavy atom. The molecular weight excluding hydrogens is 530 g/mol. The number of hydrogen-bond donors (Lipinski definition) is 1. The third-order valence-corrected chi connectivity index (χ3v) is 5.55. The fourth-order valence-corrected chi connectivity index (χ4v) is 3.66. The molecule has 0 aliphatic rings. The number of thiophene rings is 1. The first-order chi connectivity index (χ1) is 16.4. The quantitative estimate of drug-likeness (QED) is 0.129. The maximum atomic E-state index is 12.2. The van der Waals surface area contributed by atoms with Gasteiger partial charge in [0.25, 0.3) is 11.6 Å². The van der Waals surface area contributed by atoms with Crippen LogP contribution in [-0.2, 0) is 4.79 Å². The molecule has 0 aliphatic heterocycles. The van der Waals surface area contributed by atoms with Gasteiger partial charge >= 0.3 is 5.97 Å². The van der Waals surface area contributed by atoms with E-state index in [0.717, 1.165) is 0 Å². The highest BCUT2D eigenvalue weighted by molar-refractivity contribution is 9.10. The second-order valence-electron chi connectivity index (χ2n) is 6.46. The van der Waals surface area contributed by atoms with Crippen LogP contribution >= 0.6 is 27.3 Å². The van der Waals surface area contributed by atoms with Crippen LogP contribution in [0.15, 0.2) is 63.5 Å². The molecule has 0 spiro atoms. The van der Waals surface area contributed by atoms with E-state index < -0.39 is 16.8 Å². The molecule has 1 aromatic heterocycles. The molecule has 3 rings (SSSR count). The Balaban J connectivity index is 1.57. The summed E-state index contributed by atoms with van der Waals surface area (Å²) in [6.45, 7) is 1.81. The van der Waals surface area contributed by atoms with Gasteiger partial charge < -0.3 is 14.2 Å². The number of hydrazone groups is 1.